The molecule has 0 radical (unpaired) electrons. The van der Waals surface area contributed by atoms with Crippen molar-refractivity contribution in [2.45, 2.75) is 70.8 Å². The molecule has 0 N–H and O–H groups in total. The molecule has 21 heavy (non-hydrogen) atoms. The first-order chi connectivity index (χ1) is 10.4. The molecule has 2 heteroatoms. The number of hydrogen-bond acceptors (Lipinski definition) is 1. The molecule has 1 aromatic carbocycles. The summed E-state index contributed by atoms with van der Waals surface area (Å²) in [7, 11) is 0. The van der Waals surface area contributed by atoms with Crippen LogP contribution in [0.15, 0.2) is 30.3 Å². The topological polar surface area (TPSA) is 9.23 Å². The van der Waals surface area contributed by atoms with E-state index >= 15 is 0 Å². The summed E-state index contributed by atoms with van der Waals surface area (Å²) in [6, 6.07) is 10.4. The van der Waals surface area contributed by atoms with Gasteiger partial charge in [0.15, 0.2) is 0 Å². The van der Waals surface area contributed by atoms with Crippen LogP contribution in [0.3, 0.4) is 0 Å². The number of unbranched alkanes of at least 4 members (excludes halogenated alkanes) is 9. The van der Waals surface area contributed by atoms with Crippen LogP contribution in [0.1, 0.15) is 69.8 Å². The Morgan fingerprint density at radius 1 is 0.667 bits per heavy atom. The fraction of sp³-hybridized carbons (Fsp3) is 0.684. The number of hydrogen-bond donors (Lipinski definition) is 0. The third-order valence-corrected chi connectivity index (χ3v) is 4.34. The van der Waals surface area contributed by atoms with Gasteiger partial charge in [0.2, 0.25) is 0 Å². The molecule has 0 aliphatic heterocycles. The van der Waals surface area contributed by atoms with Crippen molar-refractivity contribution in [2.24, 2.45) is 0 Å². The average molecular weight is 355 g/mol. The summed E-state index contributed by atoms with van der Waals surface area (Å²) in [6.45, 7) is 1.66. The van der Waals surface area contributed by atoms with Crippen LogP contribution in [0, 0.1) is 0 Å². The molecule has 1 nitrogen and oxygen atoms in total. The minimum atomic E-state index is 0.759. The van der Waals surface area contributed by atoms with Crippen LogP contribution < -0.4 is 0 Å². The molecule has 0 saturated heterocycles. The van der Waals surface area contributed by atoms with E-state index in [1.54, 1.807) is 0 Å². The highest BCUT2D eigenvalue weighted by atomic mass is 79.9. The Kier molecular flexibility index (Phi) is 13.0. The van der Waals surface area contributed by atoms with E-state index in [0.717, 1.165) is 13.2 Å². The maximum absolute atomic E-state index is 5.70. The quantitative estimate of drug-likeness (QED) is 0.273. The molecule has 0 amide bonds. The van der Waals surface area contributed by atoms with Gasteiger partial charge in [-0.05, 0) is 18.4 Å². The molecule has 0 aliphatic carbocycles. The highest BCUT2D eigenvalue weighted by Crippen LogP contribution is 2.11. The molecule has 0 saturated carbocycles. The molecule has 1 rings (SSSR count). The normalized spacial score (nSPS) is 10.9. The van der Waals surface area contributed by atoms with Gasteiger partial charge in [0, 0.05) is 11.9 Å². The SMILES string of the molecule is BrCCCCCCCCCCCCOCc1ccccc1. The molecule has 0 atom stereocenters. The van der Waals surface area contributed by atoms with Crippen molar-refractivity contribution in [3.8, 4) is 0 Å². The number of alkyl halides is 1. The summed E-state index contributed by atoms with van der Waals surface area (Å²) < 4.78 is 5.70. The van der Waals surface area contributed by atoms with Gasteiger partial charge in [-0.25, -0.2) is 0 Å². The zero-order valence-electron chi connectivity index (χ0n) is 13.4. The molecule has 1 aromatic rings. The van der Waals surface area contributed by atoms with E-state index in [9.17, 15) is 0 Å². The van der Waals surface area contributed by atoms with Gasteiger partial charge in [-0.3, -0.25) is 0 Å². The van der Waals surface area contributed by atoms with E-state index in [2.05, 4.69) is 40.2 Å². The van der Waals surface area contributed by atoms with Crippen molar-refractivity contribution in [2.75, 3.05) is 11.9 Å². The molecule has 0 unspecified atom stereocenters. The van der Waals surface area contributed by atoms with Gasteiger partial charge in [-0.15, -0.1) is 0 Å². The Labute approximate surface area is 139 Å². The van der Waals surface area contributed by atoms with Crippen LogP contribution in [0.2, 0.25) is 0 Å². The minimum Gasteiger partial charge on any atom is -0.377 e. The van der Waals surface area contributed by atoms with E-state index in [0.29, 0.717) is 0 Å². The van der Waals surface area contributed by atoms with E-state index < -0.39 is 0 Å². The first-order valence-electron chi connectivity index (χ1n) is 8.61. The van der Waals surface area contributed by atoms with Crippen molar-refractivity contribution >= 4 is 15.9 Å². The Hall–Kier alpha value is -0.340. The van der Waals surface area contributed by atoms with Crippen molar-refractivity contribution in [3.63, 3.8) is 0 Å². The highest BCUT2D eigenvalue weighted by Gasteiger charge is 1.94. The largest absolute Gasteiger partial charge is 0.377 e. The smallest absolute Gasteiger partial charge is 0.0716 e. The zero-order chi connectivity index (χ0) is 15.0. The first kappa shape index (κ1) is 18.7. The molecule has 0 bridgehead atoms. The lowest BCUT2D eigenvalue weighted by molar-refractivity contribution is 0.116. The van der Waals surface area contributed by atoms with Crippen LogP contribution in [-0.2, 0) is 11.3 Å². The Balaban J connectivity index is 1.75. The van der Waals surface area contributed by atoms with Crippen LogP contribution >= 0.6 is 15.9 Å². The van der Waals surface area contributed by atoms with Crippen molar-refractivity contribution in [1.29, 1.82) is 0 Å². The van der Waals surface area contributed by atoms with Gasteiger partial charge >= 0.3 is 0 Å². The molecule has 0 aliphatic rings. The van der Waals surface area contributed by atoms with Gasteiger partial charge in [0.25, 0.3) is 0 Å². The van der Waals surface area contributed by atoms with Crippen molar-refractivity contribution < 1.29 is 4.74 Å². The van der Waals surface area contributed by atoms with E-state index in [-0.39, 0.29) is 0 Å². The Morgan fingerprint density at radius 2 is 1.19 bits per heavy atom. The Bertz CT molecular complexity index is 313. The number of benzene rings is 1. The molecule has 0 aromatic heterocycles. The van der Waals surface area contributed by atoms with Crippen LogP contribution in [0.25, 0.3) is 0 Å². The van der Waals surface area contributed by atoms with E-state index in [1.165, 1.54) is 75.1 Å². The van der Waals surface area contributed by atoms with Crippen LogP contribution in [0.4, 0.5) is 0 Å². The molecule has 0 spiro atoms. The molecular formula is C19H31BrO. The second-order valence-electron chi connectivity index (χ2n) is 5.76. The highest BCUT2D eigenvalue weighted by molar-refractivity contribution is 9.09. The van der Waals surface area contributed by atoms with Gasteiger partial charge < -0.3 is 4.74 Å². The average Bonchev–Trinajstić information content (AvgIpc) is 2.53. The lowest BCUT2D eigenvalue weighted by atomic mass is 10.1. The second kappa shape index (κ2) is 14.6. The maximum Gasteiger partial charge on any atom is 0.0716 e. The fourth-order valence-corrected chi connectivity index (χ4v) is 2.87. The lowest BCUT2D eigenvalue weighted by Gasteiger charge is -2.05. The van der Waals surface area contributed by atoms with Crippen molar-refractivity contribution in [1.82, 2.24) is 0 Å². The number of rotatable bonds is 14. The zero-order valence-corrected chi connectivity index (χ0v) is 15.0. The molecule has 0 fully saturated rings. The second-order valence-corrected chi connectivity index (χ2v) is 6.56. The van der Waals surface area contributed by atoms with Crippen LogP contribution in [-0.4, -0.2) is 11.9 Å². The summed E-state index contributed by atoms with van der Waals surface area (Å²) in [4.78, 5) is 0. The summed E-state index contributed by atoms with van der Waals surface area (Å²) in [5.41, 5.74) is 1.28. The predicted octanol–water partition coefficient (Wildman–Crippen LogP) is 6.50. The van der Waals surface area contributed by atoms with Crippen LogP contribution in [0.5, 0.6) is 0 Å². The summed E-state index contributed by atoms with van der Waals surface area (Å²) in [6.07, 6.45) is 13.7. The van der Waals surface area contributed by atoms with Crippen molar-refractivity contribution in [3.05, 3.63) is 35.9 Å². The number of ether oxygens (including phenoxy) is 1. The predicted molar refractivity (Wildman–Crippen MR) is 96.1 cm³/mol. The number of halogens is 1. The van der Waals surface area contributed by atoms with E-state index in [1.807, 2.05) is 6.07 Å². The third kappa shape index (κ3) is 11.9. The molecule has 0 heterocycles. The third-order valence-electron chi connectivity index (χ3n) is 3.78. The van der Waals surface area contributed by atoms with Gasteiger partial charge in [0.05, 0.1) is 6.61 Å². The van der Waals surface area contributed by atoms with E-state index in [4.69, 9.17) is 4.74 Å². The first-order valence-corrected chi connectivity index (χ1v) is 9.73. The summed E-state index contributed by atoms with van der Waals surface area (Å²) >= 11 is 3.48. The van der Waals surface area contributed by atoms with Gasteiger partial charge in [-0.2, -0.15) is 0 Å². The lowest BCUT2D eigenvalue weighted by Crippen LogP contribution is -1.95. The standard InChI is InChI=1S/C19H31BrO/c20-16-12-7-5-3-1-2-4-6-8-13-17-21-18-19-14-10-9-11-15-19/h9-11,14-15H,1-8,12-13,16-18H2. The van der Waals surface area contributed by atoms with Gasteiger partial charge in [-0.1, -0.05) is 97.6 Å². The monoisotopic (exact) mass is 354 g/mol. The summed E-state index contributed by atoms with van der Waals surface area (Å²) in [5.74, 6) is 0. The molecular weight excluding hydrogens is 324 g/mol. The molecule has 120 valence electrons. The maximum atomic E-state index is 5.70. The van der Waals surface area contributed by atoms with Gasteiger partial charge in [0.1, 0.15) is 0 Å². The fourth-order valence-electron chi connectivity index (χ4n) is 2.48. The Morgan fingerprint density at radius 3 is 1.76 bits per heavy atom. The summed E-state index contributed by atoms with van der Waals surface area (Å²) in [5, 5.41) is 1.17. The minimum absolute atomic E-state index is 0.759.